The summed E-state index contributed by atoms with van der Waals surface area (Å²) in [6.45, 7) is 14.7. The Bertz CT molecular complexity index is 231. The van der Waals surface area contributed by atoms with Crippen LogP contribution in [0.3, 0.4) is 0 Å². The van der Waals surface area contributed by atoms with Crippen molar-refractivity contribution in [1.29, 1.82) is 0 Å². The Morgan fingerprint density at radius 2 is 1.64 bits per heavy atom. The fourth-order valence-electron chi connectivity index (χ4n) is 4.29. The van der Waals surface area contributed by atoms with Gasteiger partial charge in [0.1, 0.15) is 0 Å². The minimum atomic E-state index is 0.521. The zero-order valence-electron chi connectivity index (χ0n) is 10.7. The van der Waals surface area contributed by atoms with E-state index in [0.717, 1.165) is 23.7 Å². The molecule has 0 spiro atoms. The highest BCUT2D eigenvalue weighted by Crippen LogP contribution is 2.65. The zero-order valence-corrected chi connectivity index (χ0v) is 10.7. The highest BCUT2D eigenvalue weighted by atomic mass is 14.6. The van der Waals surface area contributed by atoms with Gasteiger partial charge in [0.15, 0.2) is 0 Å². The number of hydrogen-bond acceptors (Lipinski definition) is 0. The molecule has 3 aliphatic carbocycles. The summed E-state index contributed by atoms with van der Waals surface area (Å²) in [5.74, 6) is 3.92. The van der Waals surface area contributed by atoms with Crippen LogP contribution in [-0.2, 0) is 0 Å². The number of rotatable bonds is 0. The quantitative estimate of drug-likeness (QED) is 0.538. The first-order valence-corrected chi connectivity index (χ1v) is 6.24. The molecule has 82 valence electrons. The minimum absolute atomic E-state index is 0.521. The van der Waals surface area contributed by atoms with Gasteiger partial charge in [-0.05, 0) is 47.3 Å². The molecule has 3 saturated carbocycles. The van der Waals surface area contributed by atoms with Crippen molar-refractivity contribution in [2.45, 2.75) is 54.4 Å². The summed E-state index contributed by atoms with van der Waals surface area (Å²) in [6.07, 6.45) is 2.99. The van der Waals surface area contributed by atoms with Crippen LogP contribution < -0.4 is 0 Å². The van der Waals surface area contributed by atoms with E-state index in [9.17, 15) is 0 Å². The van der Waals surface area contributed by atoms with E-state index >= 15 is 0 Å². The maximum atomic E-state index is 2.50. The van der Waals surface area contributed by atoms with Crippen molar-refractivity contribution in [3.8, 4) is 0 Å². The molecule has 0 nitrogen and oxygen atoms in total. The number of hydrogen-bond donors (Lipinski definition) is 0. The van der Waals surface area contributed by atoms with Gasteiger partial charge in [-0.3, -0.25) is 0 Å². The molecule has 0 aromatic rings. The standard InChI is InChI=1S/C14H26/c1-9-11(13(2,3)4)7-10-8-12(9)14(10,5)6/h9-12H,7-8H2,1-6H3/t9-,10+,11?,12+/m1/s1. The lowest BCUT2D eigenvalue weighted by molar-refractivity contribution is -0.150. The molecule has 4 atom stereocenters. The molecule has 0 aromatic heterocycles. The fraction of sp³-hybridized carbons (Fsp3) is 1.00. The second-order valence-corrected chi connectivity index (χ2v) is 7.43. The largest absolute Gasteiger partial charge is 0.0619 e. The second-order valence-electron chi connectivity index (χ2n) is 7.43. The van der Waals surface area contributed by atoms with Crippen molar-refractivity contribution in [1.82, 2.24) is 0 Å². The van der Waals surface area contributed by atoms with E-state index in [2.05, 4.69) is 41.5 Å². The number of fused-ring (bicyclic) bond motifs is 2. The highest BCUT2D eigenvalue weighted by Gasteiger charge is 2.57. The lowest BCUT2D eigenvalue weighted by Gasteiger charge is -2.64. The molecular formula is C14H26. The van der Waals surface area contributed by atoms with E-state index in [-0.39, 0.29) is 0 Å². The molecule has 0 heterocycles. The summed E-state index contributed by atoms with van der Waals surface area (Å²) >= 11 is 0. The Balaban J connectivity index is 2.16. The average molecular weight is 194 g/mol. The van der Waals surface area contributed by atoms with Crippen molar-refractivity contribution >= 4 is 0 Å². The third kappa shape index (κ3) is 1.26. The normalized spacial score (nSPS) is 45.9. The van der Waals surface area contributed by atoms with E-state index in [4.69, 9.17) is 0 Å². The van der Waals surface area contributed by atoms with E-state index in [1.165, 1.54) is 12.8 Å². The summed E-state index contributed by atoms with van der Waals surface area (Å²) in [5.41, 5.74) is 1.17. The lowest BCUT2D eigenvalue weighted by atomic mass is 9.41. The monoisotopic (exact) mass is 194 g/mol. The average Bonchev–Trinajstić information content (AvgIpc) is 2.01. The molecule has 3 rings (SSSR count). The Hall–Kier alpha value is 0. The first kappa shape index (κ1) is 10.5. The molecule has 2 bridgehead atoms. The van der Waals surface area contributed by atoms with Gasteiger partial charge in [0.05, 0.1) is 0 Å². The van der Waals surface area contributed by atoms with Crippen LogP contribution in [0.25, 0.3) is 0 Å². The summed E-state index contributed by atoms with van der Waals surface area (Å²) in [6, 6.07) is 0. The maximum absolute atomic E-state index is 2.50. The van der Waals surface area contributed by atoms with E-state index in [1.54, 1.807) is 0 Å². The second kappa shape index (κ2) is 2.77. The predicted octanol–water partition coefficient (Wildman–Crippen LogP) is 4.35. The third-order valence-corrected chi connectivity index (χ3v) is 5.47. The fourth-order valence-corrected chi connectivity index (χ4v) is 4.29. The molecule has 3 aliphatic rings. The van der Waals surface area contributed by atoms with E-state index < -0.39 is 0 Å². The smallest absolute Gasteiger partial charge is 0.0295 e. The van der Waals surface area contributed by atoms with E-state index in [1.807, 2.05) is 0 Å². The SMILES string of the molecule is C[C@@H]1C(C(C)(C)C)C[C@H]2C[C@@H]1C2(C)C. The van der Waals surface area contributed by atoms with Crippen LogP contribution in [0.2, 0.25) is 0 Å². The summed E-state index contributed by atoms with van der Waals surface area (Å²) in [4.78, 5) is 0. The van der Waals surface area contributed by atoms with Crippen LogP contribution in [-0.4, -0.2) is 0 Å². The Morgan fingerprint density at radius 3 is 2.00 bits per heavy atom. The summed E-state index contributed by atoms with van der Waals surface area (Å²) < 4.78 is 0. The molecule has 0 aliphatic heterocycles. The van der Waals surface area contributed by atoms with Gasteiger partial charge in [0.2, 0.25) is 0 Å². The molecule has 0 aromatic carbocycles. The van der Waals surface area contributed by atoms with Crippen molar-refractivity contribution < 1.29 is 0 Å². The Kier molecular flexibility index (Phi) is 2.08. The summed E-state index contributed by atoms with van der Waals surface area (Å²) in [7, 11) is 0. The van der Waals surface area contributed by atoms with Crippen LogP contribution in [0.1, 0.15) is 54.4 Å². The third-order valence-electron chi connectivity index (χ3n) is 5.47. The van der Waals surface area contributed by atoms with Crippen molar-refractivity contribution in [3.63, 3.8) is 0 Å². The molecule has 0 heteroatoms. The van der Waals surface area contributed by atoms with Gasteiger partial charge in [-0.2, -0.15) is 0 Å². The van der Waals surface area contributed by atoms with Gasteiger partial charge < -0.3 is 0 Å². The van der Waals surface area contributed by atoms with E-state index in [0.29, 0.717) is 10.8 Å². The van der Waals surface area contributed by atoms with Crippen LogP contribution in [0, 0.1) is 34.5 Å². The molecule has 0 amide bonds. The Morgan fingerprint density at radius 1 is 1.07 bits per heavy atom. The minimum Gasteiger partial charge on any atom is -0.0619 e. The topological polar surface area (TPSA) is 0 Å². The first-order valence-electron chi connectivity index (χ1n) is 6.24. The molecule has 0 radical (unpaired) electrons. The zero-order chi connectivity index (χ0) is 10.7. The lowest BCUT2D eigenvalue weighted by Crippen LogP contribution is -2.57. The van der Waals surface area contributed by atoms with Gasteiger partial charge in [-0.1, -0.05) is 41.5 Å². The van der Waals surface area contributed by atoms with Crippen LogP contribution >= 0.6 is 0 Å². The van der Waals surface area contributed by atoms with Crippen LogP contribution in [0.5, 0.6) is 0 Å². The van der Waals surface area contributed by atoms with Crippen molar-refractivity contribution in [2.75, 3.05) is 0 Å². The first-order chi connectivity index (χ1) is 6.24. The van der Waals surface area contributed by atoms with Crippen molar-refractivity contribution in [3.05, 3.63) is 0 Å². The van der Waals surface area contributed by atoms with Gasteiger partial charge in [-0.25, -0.2) is 0 Å². The summed E-state index contributed by atoms with van der Waals surface area (Å²) in [5, 5.41) is 0. The Labute approximate surface area is 89.5 Å². The molecule has 0 saturated heterocycles. The molecular weight excluding hydrogens is 168 g/mol. The van der Waals surface area contributed by atoms with Gasteiger partial charge >= 0.3 is 0 Å². The maximum Gasteiger partial charge on any atom is -0.0295 e. The van der Waals surface area contributed by atoms with Crippen LogP contribution in [0.4, 0.5) is 0 Å². The molecule has 14 heavy (non-hydrogen) atoms. The van der Waals surface area contributed by atoms with Crippen LogP contribution in [0.15, 0.2) is 0 Å². The van der Waals surface area contributed by atoms with Gasteiger partial charge in [-0.15, -0.1) is 0 Å². The molecule has 1 unspecified atom stereocenters. The molecule has 3 fully saturated rings. The highest BCUT2D eigenvalue weighted by molar-refractivity contribution is 5.06. The molecule has 0 N–H and O–H groups in total. The van der Waals surface area contributed by atoms with Crippen molar-refractivity contribution in [2.24, 2.45) is 34.5 Å². The predicted molar refractivity (Wildman–Crippen MR) is 62.1 cm³/mol. The van der Waals surface area contributed by atoms with Gasteiger partial charge in [0.25, 0.3) is 0 Å². The van der Waals surface area contributed by atoms with Gasteiger partial charge in [0, 0.05) is 0 Å².